The van der Waals surface area contributed by atoms with E-state index in [4.69, 9.17) is 5.73 Å². The first-order chi connectivity index (χ1) is 5.75. The van der Waals surface area contributed by atoms with Crippen molar-refractivity contribution >= 4 is 5.69 Å². The maximum Gasteiger partial charge on any atom is 0.141 e. The molecule has 0 atom stereocenters. The van der Waals surface area contributed by atoms with Crippen molar-refractivity contribution in [3.05, 3.63) is 23.8 Å². The van der Waals surface area contributed by atoms with Gasteiger partial charge in [0.25, 0.3) is 0 Å². The molecule has 0 radical (unpaired) electrons. The molecule has 0 spiro atoms. The number of phenolic OH excluding ortho intramolecular Hbond substituents is 1. The number of rotatable bonds is 3. The number of phenols is 1. The molecule has 0 heterocycles. The van der Waals surface area contributed by atoms with Gasteiger partial charge in [0.2, 0.25) is 0 Å². The summed E-state index contributed by atoms with van der Waals surface area (Å²) in [6.45, 7) is 0.844. The number of aromatic hydroxyl groups is 1. The molecule has 0 bridgehead atoms. The van der Waals surface area contributed by atoms with Crippen LogP contribution in [-0.4, -0.2) is 18.7 Å². The Morgan fingerprint density at radius 1 is 1.50 bits per heavy atom. The predicted molar refractivity (Wildman–Crippen MR) is 50.1 cm³/mol. The molecule has 1 aromatic rings. The lowest BCUT2D eigenvalue weighted by molar-refractivity contribution is 0.470. The molecule has 0 amide bonds. The normalized spacial score (nSPS) is 10.1. The van der Waals surface area contributed by atoms with Gasteiger partial charge in [0, 0.05) is 0 Å². The Hall–Kier alpha value is -1.22. The fourth-order valence-electron chi connectivity index (χ4n) is 1.07. The van der Waals surface area contributed by atoms with Gasteiger partial charge in [-0.2, -0.15) is 0 Å². The highest BCUT2D eigenvalue weighted by atomic mass is 16.3. The van der Waals surface area contributed by atoms with Crippen LogP contribution in [-0.2, 0) is 6.42 Å². The van der Waals surface area contributed by atoms with Crippen molar-refractivity contribution in [2.75, 3.05) is 19.3 Å². The van der Waals surface area contributed by atoms with Crippen molar-refractivity contribution in [3.63, 3.8) is 0 Å². The van der Waals surface area contributed by atoms with E-state index in [-0.39, 0.29) is 5.75 Å². The van der Waals surface area contributed by atoms with Crippen molar-refractivity contribution < 1.29 is 5.11 Å². The fourth-order valence-corrected chi connectivity index (χ4v) is 1.07. The number of para-hydroxylation sites is 1. The monoisotopic (exact) mass is 166 g/mol. The van der Waals surface area contributed by atoms with E-state index in [0.717, 1.165) is 18.5 Å². The van der Waals surface area contributed by atoms with Crippen molar-refractivity contribution in [3.8, 4) is 5.75 Å². The summed E-state index contributed by atoms with van der Waals surface area (Å²) in [4.78, 5) is 0. The van der Waals surface area contributed by atoms with Crippen molar-refractivity contribution in [1.29, 1.82) is 0 Å². The molecular formula is C9H14N2O. The van der Waals surface area contributed by atoms with Crippen molar-refractivity contribution in [1.82, 2.24) is 5.32 Å². The van der Waals surface area contributed by atoms with Gasteiger partial charge in [-0.25, -0.2) is 0 Å². The van der Waals surface area contributed by atoms with Gasteiger partial charge in [-0.3, -0.25) is 0 Å². The first-order valence-corrected chi connectivity index (χ1v) is 3.96. The number of anilines is 1. The van der Waals surface area contributed by atoms with Crippen molar-refractivity contribution in [2.45, 2.75) is 6.42 Å². The molecule has 0 saturated carbocycles. The molecular weight excluding hydrogens is 152 g/mol. The molecule has 0 fully saturated rings. The molecule has 4 N–H and O–H groups in total. The molecule has 3 nitrogen and oxygen atoms in total. The van der Waals surface area contributed by atoms with E-state index in [1.807, 2.05) is 19.2 Å². The van der Waals surface area contributed by atoms with Crippen LogP contribution in [0.3, 0.4) is 0 Å². The van der Waals surface area contributed by atoms with Gasteiger partial charge in [0.15, 0.2) is 0 Å². The average Bonchev–Trinajstić information content (AvgIpc) is 2.08. The van der Waals surface area contributed by atoms with Crippen LogP contribution < -0.4 is 11.1 Å². The lowest BCUT2D eigenvalue weighted by atomic mass is 10.1. The molecule has 12 heavy (non-hydrogen) atoms. The molecule has 0 aliphatic heterocycles. The first kappa shape index (κ1) is 8.87. The van der Waals surface area contributed by atoms with Gasteiger partial charge < -0.3 is 16.2 Å². The highest BCUT2D eigenvalue weighted by Gasteiger charge is 2.02. The molecule has 1 rings (SSSR count). The van der Waals surface area contributed by atoms with Crippen LogP contribution >= 0.6 is 0 Å². The Bertz CT molecular complexity index is 261. The van der Waals surface area contributed by atoms with E-state index < -0.39 is 0 Å². The van der Waals surface area contributed by atoms with Crippen LogP contribution in [0, 0.1) is 0 Å². The summed E-state index contributed by atoms with van der Waals surface area (Å²) < 4.78 is 0. The predicted octanol–water partition coefficient (Wildman–Crippen LogP) is 0.736. The third-order valence-corrected chi connectivity index (χ3v) is 1.80. The summed E-state index contributed by atoms with van der Waals surface area (Å²) in [5, 5.41) is 12.5. The number of likely N-dealkylation sites (N-methyl/N-ethyl adjacent to an activating group) is 1. The fraction of sp³-hybridized carbons (Fsp3) is 0.333. The Labute approximate surface area is 72.2 Å². The van der Waals surface area contributed by atoms with Gasteiger partial charge >= 0.3 is 0 Å². The summed E-state index contributed by atoms with van der Waals surface area (Å²) >= 11 is 0. The smallest absolute Gasteiger partial charge is 0.141 e. The van der Waals surface area contributed by atoms with E-state index in [1.165, 1.54) is 0 Å². The Morgan fingerprint density at radius 3 is 2.92 bits per heavy atom. The van der Waals surface area contributed by atoms with Gasteiger partial charge in [-0.1, -0.05) is 12.1 Å². The highest BCUT2D eigenvalue weighted by Crippen LogP contribution is 2.24. The third kappa shape index (κ3) is 1.89. The summed E-state index contributed by atoms with van der Waals surface area (Å²) in [6.07, 6.45) is 0.799. The summed E-state index contributed by atoms with van der Waals surface area (Å²) in [7, 11) is 1.88. The zero-order valence-corrected chi connectivity index (χ0v) is 7.17. The van der Waals surface area contributed by atoms with Gasteiger partial charge in [0.05, 0.1) is 5.69 Å². The lowest BCUT2D eigenvalue weighted by Gasteiger charge is -2.05. The third-order valence-electron chi connectivity index (χ3n) is 1.80. The second-order valence-electron chi connectivity index (χ2n) is 2.71. The number of hydrogen-bond donors (Lipinski definition) is 3. The molecule has 0 aliphatic carbocycles. The van der Waals surface area contributed by atoms with Gasteiger partial charge in [-0.15, -0.1) is 0 Å². The Balaban J connectivity index is 2.78. The van der Waals surface area contributed by atoms with Crippen molar-refractivity contribution in [2.24, 2.45) is 0 Å². The maximum absolute atomic E-state index is 9.47. The number of hydrogen-bond acceptors (Lipinski definition) is 3. The average molecular weight is 166 g/mol. The maximum atomic E-state index is 9.47. The van der Waals surface area contributed by atoms with Crippen LogP contribution in [0.25, 0.3) is 0 Å². The molecule has 1 aromatic carbocycles. The molecule has 66 valence electrons. The summed E-state index contributed by atoms with van der Waals surface area (Å²) in [5.41, 5.74) is 6.86. The van der Waals surface area contributed by atoms with E-state index in [2.05, 4.69) is 5.32 Å². The molecule has 0 saturated heterocycles. The highest BCUT2D eigenvalue weighted by molar-refractivity contribution is 5.55. The number of nitrogens with two attached hydrogens (primary N) is 1. The molecule has 0 aromatic heterocycles. The van der Waals surface area contributed by atoms with E-state index in [1.54, 1.807) is 6.07 Å². The quantitative estimate of drug-likeness (QED) is 0.458. The number of nitrogens with one attached hydrogen (secondary N) is 1. The number of nitrogen functional groups attached to an aromatic ring is 1. The minimum atomic E-state index is 0.216. The second-order valence-corrected chi connectivity index (χ2v) is 2.71. The minimum absolute atomic E-state index is 0.216. The molecule has 0 unspecified atom stereocenters. The molecule has 3 heteroatoms. The second kappa shape index (κ2) is 3.97. The SMILES string of the molecule is CNCCc1cccc(N)c1O. The standard InChI is InChI=1S/C9H14N2O/c1-11-6-5-7-3-2-4-8(10)9(7)12/h2-4,11-12H,5-6,10H2,1H3. The topological polar surface area (TPSA) is 58.3 Å². The molecule has 0 aliphatic rings. The summed E-state index contributed by atoms with van der Waals surface area (Å²) in [5.74, 6) is 0.216. The number of benzene rings is 1. The first-order valence-electron chi connectivity index (χ1n) is 3.96. The van der Waals surface area contributed by atoms with E-state index >= 15 is 0 Å². The van der Waals surface area contributed by atoms with Crippen LogP contribution in [0.1, 0.15) is 5.56 Å². The summed E-state index contributed by atoms with van der Waals surface area (Å²) in [6, 6.07) is 5.42. The minimum Gasteiger partial charge on any atom is -0.506 e. The van der Waals surface area contributed by atoms with E-state index in [0.29, 0.717) is 5.69 Å². The Kier molecular flexibility index (Phi) is 2.94. The van der Waals surface area contributed by atoms with E-state index in [9.17, 15) is 5.11 Å². The van der Waals surface area contributed by atoms with Gasteiger partial charge in [-0.05, 0) is 31.6 Å². The largest absolute Gasteiger partial charge is 0.506 e. The zero-order valence-electron chi connectivity index (χ0n) is 7.17. The Morgan fingerprint density at radius 2 is 2.25 bits per heavy atom. The van der Waals surface area contributed by atoms with Crippen LogP contribution in [0.4, 0.5) is 5.69 Å². The van der Waals surface area contributed by atoms with Crippen LogP contribution in [0.2, 0.25) is 0 Å². The van der Waals surface area contributed by atoms with Gasteiger partial charge in [0.1, 0.15) is 5.75 Å². The van der Waals surface area contributed by atoms with Crippen LogP contribution in [0.15, 0.2) is 18.2 Å². The zero-order chi connectivity index (χ0) is 8.97. The van der Waals surface area contributed by atoms with Crippen LogP contribution in [0.5, 0.6) is 5.75 Å². The lowest BCUT2D eigenvalue weighted by Crippen LogP contribution is -2.10.